The Morgan fingerprint density at radius 1 is 0.875 bits per heavy atom. The van der Waals surface area contributed by atoms with E-state index >= 15 is 0 Å². The van der Waals surface area contributed by atoms with E-state index in [1.165, 1.54) is 24.3 Å². The third kappa shape index (κ3) is 3.03. The van der Waals surface area contributed by atoms with Crippen molar-refractivity contribution < 1.29 is 24.9 Å². The van der Waals surface area contributed by atoms with Gasteiger partial charge in [0.1, 0.15) is 0 Å². The third-order valence-corrected chi connectivity index (χ3v) is 3.88. The molecule has 24 heavy (non-hydrogen) atoms. The average Bonchev–Trinajstić information content (AvgIpc) is 2.59. The molecule has 6 nitrogen and oxygen atoms in total. The number of benzene rings is 2. The van der Waals surface area contributed by atoms with Crippen molar-refractivity contribution in [1.29, 1.82) is 0 Å². The van der Waals surface area contributed by atoms with Gasteiger partial charge in [-0.2, -0.15) is 0 Å². The Balaban J connectivity index is 2.53. The highest BCUT2D eigenvalue weighted by Crippen LogP contribution is 2.39. The van der Waals surface area contributed by atoms with Gasteiger partial charge in [-0.05, 0) is 32.0 Å². The van der Waals surface area contributed by atoms with E-state index in [-0.39, 0.29) is 16.7 Å². The second-order valence-electron chi connectivity index (χ2n) is 5.18. The number of carboxylic acids is 1. The van der Waals surface area contributed by atoms with Crippen molar-refractivity contribution in [3.05, 3.63) is 53.1 Å². The fraction of sp³-hybridized carbons (Fsp3) is 0.222. The number of ketones is 1. The molecule has 2 aromatic carbocycles. The van der Waals surface area contributed by atoms with Crippen LogP contribution in [0.15, 0.2) is 36.4 Å². The molecule has 6 heteroatoms. The molecule has 0 bridgehead atoms. The molecule has 0 saturated carbocycles. The number of anilines is 1. The largest absolute Gasteiger partial charge is 0.504 e. The second kappa shape index (κ2) is 7.04. The molecule has 0 spiro atoms. The normalized spacial score (nSPS) is 10.4. The van der Waals surface area contributed by atoms with Crippen LogP contribution in [0.3, 0.4) is 0 Å². The summed E-state index contributed by atoms with van der Waals surface area (Å²) in [6.07, 6.45) is 0. The Bertz CT molecular complexity index is 781. The summed E-state index contributed by atoms with van der Waals surface area (Å²) in [7, 11) is 0. The molecule has 2 rings (SSSR count). The number of carboxylic acid groups (broad SMARTS) is 1. The minimum absolute atomic E-state index is 0.0460. The van der Waals surface area contributed by atoms with Gasteiger partial charge in [-0.1, -0.05) is 18.2 Å². The average molecular weight is 329 g/mol. The highest BCUT2D eigenvalue weighted by Gasteiger charge is 2.23. The monoisotopic (exact) mass is 329 g/mol. The van der Waals surface area contributed by atoms with Gasteiger partial charge >= 0.3 is 5.97 Å². The number of aromatic carboxylic acids is 1. The van der Waals surface area contributed by atoms with Gasteiger partial charge in [0.2, 0.25) is 0 Å². The lowest BCUT2D eigenvalue weighted by molar-refractivity contribution is 0.0692. The zero-order valence-corrected chi connectivity index (χ0v) is 13.5. The number of carbonyl (C=O) groups excluding carboxylic acids is 1. The van der Waals surface area contributed by atoms with Crippen molar-refractivity contribution in [2.24, 2.45) is 0 Å². The van der Waals surface area contributed by atoms with E-state index in [1.807, 2.05) is 18.7 Å². The van der Waals surface area contributed by atoms with Crippen molar-refractivity contribution in [3.8, 4) is 11.5 Å². The zero-order chi connectivity index (χ0) is 17.9. The van der Waals surface area contributed by atoms with Gasteiger partial charge in [-0.3, -0.25) is 4.79 Å². The van der Waals surface area contributed by atoms with E-state index in [1.54, 1.807) is 12.1 Å². The van der Waals surface area contributed by atoms with Crippen LogP contribution in [0.1, 0.15) is 40.1 Å². The van der Waals surface area contributed by atoms with Crippen molar-refractivity contribution in [3.63, 3.8) is 0 Å². The number of phenolic OH excluding ortho intramolecular Hbond substituents is 2. The standard InChI is InChI=1S/C18H19NO5/c1-3-19(4-2)14-10-9-13(16(21)17(14)22)15(20)11-7-5-6-8-12(11)18(23)24/h5-10,21-22H,3-4H2,1-2H3,(H,23,24). The number of rotatable bonds is 6. The van der Waals surface area contributed by atoms with Gasteiger partial charge in [0.05, 0.1) is 16.8 Å². The first-order valence-electron chi connectivity index (χ1n) is 7.59. The highest BCUT2D eigenvalue weighted by atomic mass is 16.4. The lowest BCUT2D eigenvalue weighted by Crippen LogP contribution is -2.22. The lowest BCUT2D eigenvalue weighted by Gasteiger charge is -2.23. The maximum Gasteiger partial charge on any atom is 0.336 e. The predicted octanol–water partition coefficient (Wildman–Crippen LogP) is 2.87. The van der Waals surface area contributed by atoms with Crippen LogP contribution >= 0.6 is 0 Å². The lowest BCUT2D eigenvalue weighted by atomic mass is 9.97. The minimum Gasteiger partial charge on any atom is -0.504 e. The van der Waals surface area contributed by atoms with Crippen molar-refractivity contribution in [2.75, 3.05) is 18.0 Å². The third-order valence-electron chi connectivity index (χ3n) is 3.88. The fourth-order valence-corrected chi connectivity index (χ4v) is 2.58. The summed E-state index contributed by atoms with van der Waals surface area (Å²) >= 11 is 0. The number of carbonyl (C=O) groups is 2. The van der Waals surface area contributed by atoms with Crippen LogP contribution in [0.2, 0.25) is 0 Å². The maximum atomic E-state index is 12.6. The van der Waals surface area contributed by atoms with Gasteiger partial charge in [-0.25, -0.2) is 4.79 Å². The molecule has 0 aliphatic heterocycles. The smallest absolute Gasteiger partial charge is 0.336 e. The van der Waals surface area contributed by atoms with Crippen LogP contribution in [0, 0.1) is 0 Å². The van der Waals surface area contributed by atoms with Crippen LogP contribution in [0.5, 0.6) is 11.5 Å². The first-order valence-corrected chi connectivity index (χ1v) is 7.59. The van der Waals surface area contributed by atoms with E-state index in [9.17, 15) is 24.9 Å². The van der Waals surface area contributed by atoms with E-state index in [2.05, 4.69) is 0 Å². The van der Waals surface area contributed by atoms with E-state index in [4.69, 9.17) is 0 Å². The summed E-state index contributed by atoms with van der Waals surface area (Å²) < 4.78 is 0. The Morgan fingerprint density at radius 2 is 1.46 bits per heavy atom. The summed E-state index contributed by atoms with van der Waals surface area (Å²) in [5, 5.41) is 29.7. The number of hydrogen-bond acceptors (Lipinski definition) is 5. The van der Waals surface area contributed by atoms with Crippen molar-refractivity contribution >= 4 is 17.4 Å². The molecule has 0 saturated heterocycles. The Morgan fingerprint density at radius 3 is 2.00 bits per heavy atom. The molecule has 0 radical (unpaired) electrons. The van der Waals surface area contributed by atoms with Crippen LogP contribution in [-0.4, -0.2) is 40.2 Å². The summed E-state index contributed by atoms with van der Waals surface area (Å²) in [5.41, 5.74) is 0.0715. The fourth-order valence-electron chi connectivity index (χ4n) is 2.58. The molecule has 0 atom stereocenters. The molecule has 0 heterocycles. The van der Waals surface area contributed by atoms with Gasteiger partial charge < -0.3 is 20.2 Å². The van der Waals surface area contributed by atoms with Gasteiger partial charge in [0.15, 0.2) is 17.3 Å². The van der Waals surface area contributed by atoms with Gasteiger partial charge in [0, 0.05) is 18.7 Å². The summed E-state index contributed by atoms with van der Waals surface area (Å²) in [6.45, 7) is 5.06. The van der Waals surface area contributed by atoms with E-state index in [0.29, 0.717) is 18.8 Å². The Kier molecular flexibility index (Phi) is 5.08. The Hall–Kier alpha value is -3.02. The van der Waals surface area contributed by atoms with Gasteiger partial charge in [-0.15, -0.1) is 0 Å². The summed E-state index contributed by atoms with van der Waals surface area (Å²) in [6, 6.07) is 8.68. The molecule has 0 aliphatic carbocycles. The minimum atomic E-state index is -1.23. The SMILES string of the molecule is CCN(CC)c1ccc(C(=O)c2ccccc2C(=O)O)c(O)c1O. The van der Waals surface area contributed by atoms with Crippen LogP contribution in [0.4, 0.5) is 5.69 Å². The van der Waals surface area contributed by atoms with E-state index in [0.717, 1.165) is 0 Å². The molecule has 0 aliphatic rings. The number of phenols is 2. The topological polar surface area (TPSA) is 98.1 Å². The number of nitrogens with zero attached hydrogens (tertiary/aromatic N) is 1. The van der Waals surface area contributed by atoms with Crippen molar-refractivity contribution in [1.82, 2.24) is 0 Å². The maximum absolute atomic E-state index is 12.6. The molecule has 0 unspecified atom stereocenters. The van der Waals surface area contributed by atoms with E-state index < -0.39 is 23.3 Å². The molecular formula is C18H19NO5. The van der Waals surface area contributed by atoms with Gasteiger partial charge in [0.25, 0.3) is 0 Å². The number of hydrogen-bond donors (Lipinski definition) is 3. The predicted molar refractivity (Wildman–Crippen MR) is 90.2 cm³/mol. The van der Waals surface area contributed by atoms with Crippen molar-refractivity contribution in [2.45, 2.75) is 13.8 Å². The molecule has 2 aromatic rings. The second-order valence-corrected chi connectivity index (χ2v) is 5.18. The summed E-state index contributed by atoms with van der Waals surface area (Å²) in [4.78, 5) is 25.7. The molecular weight excluding hydrogens is 310 g/mol. The first-order chi connectivity index (χ1) is 11.4. The molecule has 0 amide bonds. The van der Waals surface area contributed by atoms with Crippen LogP contribution in [-0.2, 0) is 0 Å². The summed E-state index contributed by atoms with van der Waals surface area (Å²) in [5.74, 6) is -2.84. The quantitative estimate of drug-likeness (QED) is 0.557. The molecule has 126 valence electrons. The molecule has 3 N–H and O–H groups in total. The first kappa shape index (κ1) is 17.3. The van der Waals surface area contributed by atoms with Crippen LogP contribution in [0.25, 0.3) is 0 Å². The molecule has 0 fully saturated rings. The molecule has 0 aromatic heterocycles. The zero-order valence-electron chi connectivity index (χ0n) is 13.5. The highest BCUT2D eigenvalue weighted by molar-refractivity contribution is 6.16. The van der Waals surface area contributed by atoms with Crippen LogP contribution < -0.4 is 4.90 Å². The Labute approximate surface area is 139 Å². The number of aromatic hydroxyl groups is 2.